The molecule has 0 bridgehead atoms. The second kappa shape index (κ2) is 8.74. The predicted molar refractivity (Wildman–Crippen MR) is 70.7 cm³/mol. The van der Waals surface area contributed by atoms with Crippen LogP contribution in [0.2, 0.25) is 0 Å². The summed E-state index contributed by atoms with van der Waals surface area (Å²) in [6.07, 6.45) is 1.01. The normalized spacial score (nSPS) is 12.7. The Bertz CT molecular complexity index is 285. The molecule has 0 aliphatic carbocycles. The van der Waals surface area contributed by atoms with Gasteiger partial charge in [0.05, 0.1) is 25.7 Å². The molecule has 6 heteroatoms. The number of amides is 1. The molecule has 2 N–H and O–H groups in total. The van der Waals surface area contributed by atoms with Crippen molar-refractivity contribution in [1.29, 1.82) is 0 Å². The lowest BCUT2D eigenvalue weighted by Gasteiger charge is -2.22. The summed E-state index contributed by atoms with van der Waals surface area (Å²) in [5, 5.41) is 11.5. The monoisotopic (exact) mass is 275 g/mol. The van der Waals surface area contributed by atoms with Crippen molar-refractivity contribution in [2.45, 2.75) is 58.6 Å². The van der Waals surface area contributed by atoms with Crippen LogP contribution in [0.4, 0.5) is 4.79 Å². The molecule has 1 amide bonds. The molecule has 0 rings (SSSR count). The number of rotatable bonds is 7. The Kier molecular flexibility index (Phi) is 8.14. The van der Waals surface area contributed by atoms with Gasteiger partial charge in [0.1, 0.15) is 5.60 Å². The van der Waals surface area contributed by atoms with Gasteiger partial charge in [0.25, 0.3) is 0 Å². The Morgan fingerprint density at radius 2 is 1.95 bits per heavy atom. The van der Waals surface area contributed by atoms with Gasteiger partial charge in [-0.15, -0.1) is 0 Å². The molecule has 0 aliphatic rings. The van der Waals surface area contributed by atoms with Crippen LogP contribution in [0.15, 0.2) is 0 Å². The SMILES string of the molecule is CCCCOC(=O)C[C@H](CO)NC(=O)OC(C)(C)C. The Labute approximate surface area is 114 Å². The molecule has 1 atom stereocenters. The molecule has 0 aliphatic heterocycles. The smallest absolute Gasteiger partial charge is 0.407 e. The first kappa shape index (κ1) is 17.7. The standard InChI is InChI=1S/C13H25NO5/c1-5-6-7-18-11(16)8-10(9-15)14-12(17)19-13(2,3)4/h10,15H,5-9H2,1-4H3,(H,14,17)/t10-/m1/s1. The lowest BCUT2D eigenvalue weighted by molar-refractivity contribution is -0.144. The van der Waals surface area contributed by atoms with Crippen LogP contribution in [0, 0.1) is 0 Å². The maximum atomic E-state index is 11.5. The molecule has 0 saturated carbocycles. The van der Waals surface area contributed by atoms with Gasteiger partial charge in [-0.05, 0) is 27.2 Å². The number of carbonyl (C=O) groups excluding carboxylic acids is 2. The summed E-state index contributed by atoms with van der Waals surface area (Å²) in [6.45, 7) is 7.22. The zero-order chi connectivity index (χ0) is 14.9. The van der Waals surface area contributed by atoms with Crippen molar-refractivity contribution in [3.8, 4) is 0 Å². The molecule has 0 fully saturated rings. The first-order valence-electron chi connectivity index (χ1n) is 6.54. The number of unbranched alkanes of at least 4 members (excludes halogenated alkanes) is 1. The third-order valence-corrected chi connectivity index (χ3v) is 2.12. The largest absolute Gasteiger partial charge is 0.466 e. The molecular formula is C13H25NO5. The van der Waals surface area contributed by atoms with E-state index in [9.17, 15) is 9.59 Å². The molecule has 0 unspecified atom stereocenters. The maximum Gasteiger partial charge on any atom is 0.407 e. The highest BCUT2D eigenvalue weighted by Gasteiger charge is 2.21. The van der Waals surface area contributed by atoms with Crippen molar-refractivity contribution in [2.24, 2.45) is 0 Å². The molecule has 0 spiro atoms. The maximum absolute atomic E-state index is 11.5. The molecule has 112 valence electrons. The number of alkyl carbamates (subject to hydrolysis) is 1. The Morgan fingerprint density at radius 1 is 1.32 bits per heavy atom. The number of aliphatic hydroxyl groups is 1. The van der Waals surface area contributed by atoms with Crippen LogP contribution in [0.25, 0.3) is 0 Å². The Balaban J connectivity index is 4.06. The highest BCUT2D eigenvalue weighted by Crippen LogP contribution is 2.07. The fourth-order valence-corrected chi connectivity index (χ4v) is 1.23. The molecule has 0 heterocycles. The van der Waals surface area contributed by atoms with Gasteiger partial charge in [0, 0.05) is 0 Å². The molecule has 6 nitrogen and oxygen atoms in total. The van der Waals surface area contributed by atoms with Gasteiger partial charge in [-0.2, -0.15) is 0 Å². The molecule has 0 aromatic heterocycles. The van der Waals surface area contributed by atoms with Crippen molar-refractivity contribution < 1.29 is 24.2 Å². The predicted octanol–water partition coefficient (Wildman–Crippen LogP) is 1.61. The first-order valence-corrected chi connectivity index (χ1v) is 6.54. The number of esters is 1. The van der Waals surface area contributed by atoms with Crippen LogP contribution in [0.5, 0.6) is 0 Å². The van der Waals surface area contributed by atoms with E-state index < -0.39 is 23.7 Å². The minimum absolute atomic E-state index is 0.0700. The molecule has 0 saturated heterocycles. The average Bonchev–Trinajstić information content (AvgIpc) is 2.25. The van der Waals surface area contributed by atoms with Crippen LogP contribution in [-0.4, -0.2) is 42.0 Å². The first-order chi connectivity index (χ1) is 8.78. The molecule has 0 aromatic carbocycles. The van der Waals surface area contributed by atoms with Crippen molar-refractivity contribution >= 4 is 12.1 Å². The van der Waals surface area contributed by atoms with Crippen LogP contribution in [0.3, 0.4) is 0 Å². The van der Waals surface area contributed by atoms with Gasteiger partial charge in [0.2, 0.25) is 0 Å². The molecule has 0 aromatic rings. The van der Waals surface area contributed by atoms with Gasteiger partial charge >= 0.3 is 12.1 Å². The van der Waals surface area contributed by atoms with E-state index in [4.69, 9.17) is 14.6 Å². The van der Waals surface area contributed by atoms with E-state index in [2.05, 4.69) is 5.32 Å². The second-order valence-corrected chi connectivity index (χ2v) is 5.30. The van der Waals surface area contributed by atoms with Gasteiger partial charge < -0.3 is 19.9 Å². The quantitative estimate of drug-likeness (QED) is 0.544. The highest BCUT2D eigenvalue weighted by atomic mass is 16.6. The van der Waals surface area contributed by atoms with E-state index in [1.165, 1.54) is 0 Å². The van der Waals surface area contributed by atoms with Gasteiger partial charge in [0.15, 0.2) is 0 Å². The molecular weight excluding hydrogens is 250 g/mol. The summed E-state index contributed by atoms with van der Waals surface area (Å²) in [5.74, 6) is -0.441. The summed E-state index contributed by atoms with van der Waals surface area (Å²) < 4.78 is 9.99. The number of carbonyl (C=O) groups is 2. The van der Waals surface area contributed by atoms with Crippen LogP contribution >= 0.6 is 0 Å². The number of hydrogen-bond acceptors (Lipinski definition) is 5. The van der Waals surface area contributed by atoms with Crippen molar-refractivity contribution in [3.05, 3.63) is 0 Å². The van der Waals surface area contributed by atoms with Gasteiger partial charge in [-0.25, -0.2) is 4.79 Å². The minimum atomic E-state index is -0.691. The van der Waals surface area contributed by atoms with E-state index in [1.807, 2.05) is 6.92 Å². The van der Waals surface area contributed by atoms with Crippen molar-refractivity contribution in [1.82, 2.24) is 5.32 Å². The fraction of sp³-hybridized carbons (Fsp3) is 0.846. The highest BCUT2D eigenvalue weighted by molar-refractivity contribution is 5.72. The van der Waals surface area contributed by atoms with E-state index in [1.54, 1.807) is 20.8 Å². The zero-order valence-corrected chi connectivity index (χ0v) is 12.2. The minimum Gasteiger partial charge on any atom is -0.466 e. The van der Waals surface area contributed by atoms with Crippen LogP contribution < -0.4 is 5.32 Å². The lowest BCUT2D eigenvalue weighted by Crippen LogP contribution is -2.42. The van der Waals surface area contributed by atoms with Crippen LogP contribution in [-0.2, 0) is 14.3 Å². The summed E-state index contributed by atoms with van der Waals surface area (Å²) >= 11 is 0. The summed E-state index contributed by atoms with van der Waals surface area (Å²) in [6, 6.07) is -0.691. The lowest BCUT2D eigenvalue weighted by atomic mass is 10.2. The van der Waals surface area contributed by atoms with Crippen molar-refractivity contribution in [2.75, 3.05) is 13.2 Å². The zero-order valence-electron chi connectivity index (χ0n) is 12.2. The average molecular weight is 275 g/mol. The Hall–Kier alpha value is -1.30. The number of nitrogens with one attached hydrogen (secondary N) is 1. The van der Waals surface area contributed by atoms with Gasteiger partial charge in [-0.3, -0.25) is 4.79 Å². The van der Waals surface area contributed by atoms with E-state index in [-0.39, 0.29) is 13.0 Å². The summed E-state index contributed by atoms with van der Waals surface area (Å²) in [4.78, 5) is 22.9. The fourth-order valence-electron chi connectivity index (χ4n) is 1.23. The molecule has 0 radical (unpaired) electrons. The number of aliphatic hydroxyl groups excluding tert-OH is 1. The van der Waals surface area contributed by atoms with E-state index >= 15 is 0 Å². The summed E-state index contributed by atoms with van der Waals surface area (Å²) in [5.41, 5.74) is -0.619. The second-order valence-electron chi connectivity index (χ2n) is 5.30. The van der Waals surface area contributed by atoms with E-state index in [0.29, 0.717) is 6.61 Å². The summed E-state index contributed by atoms with van der Waals surface area (Å²) in [7, 11) is 0. The number of hydrogen-bond donors (Lipinski definition) is 2. The Morgan fingerprint density at radius 3 is 2.42 bits per heavy atom. The topological polar surface area (TPSA) is 84.9 Å². The third kappa shape index (κ3) is 10.3. The molecule has 19 heavy (non-hydrogen) atoms. The van der Waals surface area contributed by atoms with E-state index in [0.717, 1.165) is 12.8 Å². The number of ether oxygens (including phenoxy) is 2. The van der Waals surface area contributed by atoms with Gasteiger partial charge in [-0.1, -0.05) is 13.3 Å². The van der Waals surface area contributed by atoms with Crippen LogP contribution in [0.1, 0.15) is 47.0 Å². The van der Waals surface area contributed by atoms with Crippen molar-refractivity contribution in [3.63, 3.8) is 0 Å². The third-order valence-electron chi connectivity index (χ3n) is 2.12.